The predicted octanol–water partition coefficient (Wildman–Crippen LogP) is 2.65. The summed E-state index contributed by atoms with van der Waals surface area (Å²) in [5, 5.41) is 12.5. The fourth-order valence-corrected chi connectivity index (χ4v) is 6.44. The van der Waals surface area contributed by atoms with Crippen LogP contribution >= 0.6 is 57.5 Å². The maximum absolute atomic E-state index is 12.1. The number of thiophene rings is 1. The molecule has 0 radical (unpaired) electrons. The van der Waals surface area contributed by atoms with Crippen LogP contribution in [0, 0.1) is 0 Å². The minimum absolute atomic E-state index is 0.0884. The maximum atomic E-state index is 12.1. The number of hydrogen-bond donors (Lipinski definition) is 4. The zero-order valence-electron chi connectivity index (χ0n) is 17.5. The SMILES string of the molecule is CSc1sc(SC)c(/C=N/NC(=O)Cc2csc(N)n2)c1/C=N/NC(=O)Cc1csc(N)n1. The summed E-state index contributed by atoms with van der Waals surface area (Å²) in [5.41, 5.74) is 19.0. The fourth-order valence-electron chi connectivity index (χ4n) is 2.52. The molecule has 0 aliphatic carbocycles. The molecule has 3 aromatic heterocycles. The highest BCUT2D eigenvalue weighted by Crippen LogP contribution is 2.38. The first-order chi connectivity index (χ1) is 15.9. The summed E-state index contributed by atoms with van der Waals surface area (Å²) in [6.45, 7) is 0. The molecule has 3 heterocycles. The van der Waals surface area contributed by atoms with E-state index in [1.807, 2.05) is 12.5 Å². The van der Waals surface area contributed by atoms with Crippen molar-refractivity contribution in [3.63, 3.8) is 0 Å². The number of nitrogens with one attached hydrogen (secondary N) is 2. The molecule has 0 fully saturated rings. The van der Waals surface area contributed by atoms with Crippen molar-refractivity contribution in [2.24, 2.45) is 10.2 Å². The number of hydrazone groups is 2. The molecule has 33 heavy (non-hydrogen) atoms. The van der Waals surface area contributed by atoms with Gasteiger partial charge in [0.15, 0.2) is 10.3 Å². The van der Waals surface area contributed by atoms with Crippen molar-refractivity contribution in [3.8, 4) is 0 Å². The van der Waals surface area contributed by atoms with Crippen molar-refractivity contribution in [1.82, 2.24) is 20.8 Å². The molecule has 2 amide bonds. The Bertz CT molecular complexity index is 1090. The van der Waals surface area contributed by atoms with Crippen molar-refractivity contribution >= 4 is 92.0 Å². The van der Waals surface area contributed by atoms with Gasteiger partial charge in [-0.2, -0.15) is 10.2 Å². The van der Waals surface area contributed by atoms with Gasteiger partial charge in [-0.25, -0.2) is 20.8 Å². The van der Waals surface area contributed by atoms with Crippen LogP contribution in [0.5, 0.6) is 0 Å². The molecule has 0 unspecified atom stereocenters. The average Bonchev–Trinajstić information content (AvgIpc) is 3.47. The lowest BCUT2D eigenvalue weighted by Gasteiger charge is -2.00. The second kappa shape index (κ2) is 12.1. The Balaban J connectivity index is 1.67. The van der Waals surface area contributed by atoms with Crippen LogP contribution in [0.15, 0.2) is 29.4 Å². The van der Waals surface area contributed by atoms with E-state index in [0.29, 0.717) is 21.7 Å². The second-order valence-electron chi connectivity index (χ2n) is 6.21. The molecule has 0 saturated carbocycles. The minimum Gasteiger partial charge on any atom is -0.375 e. The summed E-state index contributed by atoms with van der Waals surface area (Å²) < 4.78 is 2.02. The smallest absolute Gasteiger partial charge is 0.246 e. The monoisotopic (exact) mass is 540 g/mol. The molecule has 6 N–H and O–H groups in total. The molecule has 0 saturated heterocycles. The van der Waals surface area contributed by atoms with E-state index in [9.17, 15) is 9.59 Å². The molecule has 0 spiro atoms. The van der Waals surface area contributed by atoms with E-state index >= 15 is 0 Å². The Labute approximate surface area is 210 Å². The molecule has 0 aromatic carbocycles. The first-order valence-electron chi connectivity index (χ1n) is 9.18. The van der Waals surface area contributed by atoms with Crippen LogP contribution in [0.25, 0.3) is 0 Å². The van der Waals surface area contributed by atoms with E-state index in [2.05, 4.69) is 31.0 Å². The number of carbonyl (C=O) groups excluding carboxylic acids is 2. The van der Waals surface area contributed by atoms with Gasteiger partial charge in [0.1, 0.15) is 0 Å². The molecule has 0 bridgehead atoms. The highest BCUT2D eigenvalue weighted by molar-refractivity contribution is 8.02. The highest BCUT2D eigenvalue weighted by Gasteiger charge is 2.15. The Hall–Kier alpha value is -2.46. The number of aromatic nitrogens is 2. The summed E-state index contributed by atoms with van der Waals surface area (Å²) in [5.74, 6) is -0.597. The molecule has 0 atom stereocenters. The van der Waals surface area contributed by atoms with Crippen molar-refractivity contribution in [2.75, 3.05) is 24.0 Å². The third kappa shape index (κ3) is 7.26. The molecule has 15 heteroatoms. The lowest BCUT2D eigenvalue weighted by atomic mass is 10.2. The summed E-state index contributed by atoms with van der Waals surface area (Å²) in [6, 6.07) is 0. The van der Waals surface area contributed by atoms with Gasteiger partial charge in [-0.05, 0) is 12.5 Å². The number of thioether (sulfide) groups is 2. The normalized spacial score (nSPS) is 11.5. The van der Waals surface area contributed by atoms with E-state index in [1.165, 1.54) is 22.7 Å². The van der Waals surface area contributed by atoms with Gasteiger partial charge in [0, 0.05) is 21.9 Å². The molecule has 174 valence electrons. The van der Waals surface area contributed by atoms with E-state index < -0.39 is 0 Å². The van der Waals surface area contributed by atoms with Gasteiger partial charge in [0.2, 0.25) is 11.8 Å². The number of amides is 2. The summed E-state index contributed by atoms with van der Waals surface area (Å²) in [4.78, 5) is 32.4. The van der Waals surface area contributed by atoms with Gasteiger partial charge in [-0.1, -0.05) is 0 Å². The summed E-state index contributed by atoms with van der Waals surface area (Å²) in [7, 11) is 0. The number of nitrogens with two attached hydrogens (primary N) is 2. The number of anilines is 2. The quantitative estimate of drug-likeness (QED) is 0.173. The standard InChI is InChI=1S/C18H20N8O2S5/c1-29-15-11(5-21-25-13(27)3-9-7-31-17(19)23-9)12(16(30-2)33-15)6-22-26-14(28)4-10-8-32-18(20)24-10/h5-8H,3-4H2,1-2H3,(H2,19,23)(H2,20,24)(H,25,27)(H,26,28)/b21-5+,22-6+. The predicted molar refractivity (Wildman–Crippen MR) is 140 cm³/mol. The lowest BCUT2D eigenvalue weighted by Crippen LogP contribution is -2.20. The number of thiazole rings is 2. The van der Waals surface area contributed by atoms with Gasteiger partial charge >= 0.3 is 0 Å². The number of rotatable bonds is 10. The van der Waals surface area contributed by atoms with Crippen molar-refractivity contribution < 1.29 is 9.59 Å². The zero-order chi connectivity index (χ0) is 23.8. The van der Waals surface area contributed by atoms with Gasteiger partial charge in [-0.15, -0.1) is 57.5 Å². The fraction of sp³-hybridized carbons (Fsp3) is 0.222. The Morgan fingerprint density at radius 2 is 1.33 bits per heavy atom. The third-order valence-corrected chi connectivity index (χ3v) is 8.81. The minimum atomic E-state index is -0.298. The third-order valence-electron chi connectivity index (χ3n) is 3.87. The molecule has 3 rings (SSSR count). The molecular formula is C18H20N8O2S5. The van der Waals surface area contributed by atoms with Gasteiger partial charge < -0.3 is 11.5 Å². The number of nitrogens with zero attached hydrogens (tertiary/aromatic N) is 4. The highest BCUT2D eigenvalue weighted by atomic mass is 32.2. The van der Waals surface area contributed by atoms with Crippen LogP contribution in [0.2, 0.25) is 0 Å². The van der Waals surface area contributed by atoms with Crippen LogP contribution in [-0.4, -0.2) is 46.7 Å². The van der Waals surface area contributed by atoms with Crippen LogP contribution in [-0.2, 0) is 22.4 Å². The summed E-state index contributed by atoms with van der Waals surface area (Å²) >= 11 is 7.28. The Morgan fingerprint density at radius 3 is 1.67 bits per heavy atom. The molecule has 10 nitrogen and oxygen atoms in total. The topological polar surface area (TPSA) is 161 Å². The second-order valence-corrected chi connectivity index (χ2v) is 11.2. The Kier molecular flexibility index (Phi) is 9.25. The first kappa shape index (κ1) is 25.2. The van der Waals surface area contributed by atoms with E-state index in [1.54, 1.807) is 58.0 Å². The van der Waals surface area contributed by atoms with E-state index in [0.717, 1.165) is 19.5 Å². The maximum Gasteiger partial charge on any atom is 0.246 e. The first-order valence-corrected chi connectivity index (χ1v) is 14.2. The van der Waals surface area contributed by atoms with E-state index in [-0.39, 0.29) is 24.7 Å². The molecule has 3 aromatic rings. The van der Waals surface area contributed by atoms with Crippen molar-refractivity contribution in [1.29, 1.82) is 0 Å². The van der Waals surface area contributed by atoms with Crippen LogP contribution in [0.4, 0.5) is 10.3 Å². The largest absolute Gasteiger partial charge is 0.375 e. The van der Waals surface area contributed by atoms with Crippen molar-refractivity contribution in [3.05, 3.63) is 33.3 Å². The van der Waals surface area contributed by atoms with Crippen molar-refractivity contribution in [2.45, 2.75) is 21.3 Å². The number of carbonyl (C=O) groups is 2. The lowest BCUT2D eigenvalue weighted by molar-refractivity contribution is -0.121. The van der Waals surface area contributed by atoms with Gasteiger partial charge in [-0.3, -0.25) is 9.59 Å². The summed E-state index contributed by atoms with van der Waals surface area (Å²) in [6.07, 6.45) is 7.25. The van der Waals surface area contributed by atoms with Gasteiger partial charge in [0.25, 0.3) is 0 Å². The molecule has 0 aliphatic rings. The van der Waals surface area contributed by atoms with Gasteiger partial charge in [0.05, 0.1) is 45.1 Å². The van der Waals surface area contributed by atoms with Crippen LogP contribution in [0.3, 0.4) is 0 Å². The number of hydrogen-bond acceptors (Lipinski definition) is 13. The number of nitrogen functional groups attached to an aromatic ring is 2. The Morgan fingerprint density at radius 1 is 0.909 bits per heavy atom. The molecular weight excluding hydrogens is 521 g/mol. The van der Waals surface area contributed by atoms with Crippen LogP contribution in [0.1, 0.15) is 22.5 Å². The van der Waals surface area contributed by atoms with E-state index in [4.69, 9.17) is 11.5 Å². The average molecular weight is 541 g/mol. The molecule has 0 aliphatic heterocycles. The zero-order valence-corrected chi connectivity index (χ0v) is 21.6. The van der Waals surface area contributed by atoms with Crippen LogP contribution < -0.4 is 22.3 Å².